The van der Waals surface area contributed by atoms with Crippen LogP contribution < -0.4 is 24.5 Å². The summed E-state index contributed by atoms with van der Waals surface area (Å²) in [6, 6.07) is 19.1. The van der Waals surface area contributed by atoms with E-state index in [-0.39, 0.29) is 16.5 Å². The van der Waals surface area contributed by atoms with Gasteiger partial charge in [-0.3, -0.25) is 13.9 Å². The minimum Gasteiger partial charge on any atom is -0.497 e. The van der Waals surface area contributed by atoms with E-state index >= 15 is 0 Å². The molecule has 3 rings (SSSR count). The summed E-state index contributed by atoms with van der Waals surface area (Å²) >= 11 is 0. The van der Waals surface area contributed by atoms with Gasteiger partial charge in [0, 0.05) is 12.6 Å². The molecule has 10 nitrogen and oxygen atoms in total. The molecule has 0 spiro atoms. The molecule has 0 fully saturated rings. The maximum Gasteiger partial charge on any atom is 0.264 e. The number of hydrogen-bond donors (Lipinski definition) is 2. The Bertz CT molecular complexity index is 1360. The van der Waals surface area contributed by atoms with Crippen LogP contribution in [0.4, 0.5) is 11.4 Å². The molecule has 0 radical (unpaired) electrons. The van der Waals surface area contributed by atoms with Crippen molar-refractivity contribution in [2.24, 2.45) is 5.10 Å². The first-order valence-corrected chi connectivity index (χ1v) is 13.3. The predicted molar refractivity (Wildman–Crippen MR) is 146 cm³/mol. The Morgan fingerprint density at radius 3 is 2.16 bits per heavy atom. The molecular formula is C27H30N4O6S. The van der Waals surface area contributed by atoms with Crippen LogP contribution in [0.3, 0.4) is 0 Å². The lowest BCUT2D eigenvalue weighted by molar-refractivity contribution is -0.119. The van der Waals surface area contributed by atoms with Crippen LogP contribution in [0.1, 0.15) is 25.8 Å². The zero-order chi connectivity index (χ0) is 27.5. The fourth-order valence-corrected chi connectivity index (χ4v) is 4.74. The third-order valence-corrected chi connectivity index (χ3v) is 6.95. The maximum atomic E-state index is 13.5. The van der Waals surface area contributed by atoms with Gasteiger partial charge in [-0.15, -0.1) is 0 Å². The lowest BCUT2D eigenvalue weighted by atomic mass is 10.2. The molecule has 0 saturated heterocycles. The van der Waals surface area contributed by atoms with Gasteiger partial charge in [-0.2, -0.15) is 5.10 Å². The Labute approximate surface area is 222 Å². The van der Waals surface area contributed by atoms with E-state index in [1.54, 1.807) is 48.5 Å². The van der Waals surface area contributed by atoms with Crippen LogP contribution in [0.15, 0.2) is 82.8 Å². The van der Waals surface area contributed by atoms with Crippen LogP contribution in [-0.4, -0.2) is 46.7 Å². The number of rotatable bonds is 12. The summed E-state index contributed by atoms with van der Waals surface area (Å²) in [6.45, 7) is 3.47. The number of amides is 2. The smallest absolute Gasteiger partial charge is 0.264 e. The molecule has 0 atom stereocenters. The van der Waals surface area contributed by atoms with Crippen molar-refractivity contribution in [3.8, 4) is 11.5 Å². The first-order valence-electron chi connectivity index (χ1n) is 11.8. The Morgan fingerprint density at radius 2 is 1.58 bits per heavy atom. The van der Waals surface area contributed by atoms with E-state index in [1.165, 1.54) is 44.5 Å². The third-order valence-electron chi connectivity index (χ3n) is 5.17. The summed E-state index contributed by atoms with van der Waals surface area (Å²) in [7, 11) is -2.65. The number of anilines is 2. The minimum absolute atomic E-state index is 0.0518. The summed E-state index contributed by atoms with van der Waals surface area (Å²) in [5.74, 6) is 0.348. The number of nitrogens with one attached hydrogen (secondary N) is 2. The summed E-state index contributed by atoms with van der Waals surface area (Å²) in [5.41, 5.74) is 3.82. The second kappa shape index (κ2) is 13.2. The van der Waals surface area contributed by atoms with E-state index in [0.717, 1.165) is 22.0 Å². The molecule has 200 valence electrons. The van der Waals surface area contributed by atoms with E-state index in [1.807, 2.05) is 6.92 Å². The standard InChI is InChI=1S/C27H30N4O6S/c1-4-17-37-25-11-5-21(6-12-25)18-28-30-27(33)19-31(23-9-13-24(36-3)14-10-23)38(34,35)26-15-7-22(8-16-26)29-20(2)32/h5-16,18H,4,17,19H2,1-3H3,(H,29,32)(H,30,33)/b28-18-. The van der Waals surface area contributed by atoms with Gasteiger partial charge in [-0.05, 0) is 84.8 Å². The van der Waals surface area contributed by atoms with E-state index in [4.69, 9.17) is 9.47 Å². The molecule has 0 unspecified atom stereocenters. The summed E-state index contributed by atoms with van der Waals surface area (Å²) in [4.78, 5) is 24.0. The number of sulfonamides is 1. The number of methoxy groups -OCH3 is 1. The van der Waals surface area contributed by atoms with Gasteiger partial charge in [0.05, 0.1) is 30.5 Å². The SMILES string of the molecule is CCCOc1ccc(/C=N\NC(=O)CN(c2ccc(OC)cc2)S(=O)(=O)c2ccc(NC(C)=O)cc2)cc1. The van der Waals surface area contributed by atoms with Gasteiger partial charge in [0.1, 0.15) is 18.0 Å². The van der Waals surface area contributed by atoms with Gasteiger partial charge >= 0.3 is 0 Å². The van der Waals surface area contributed by atoms with Gasteiger partial charge in [0.25, 0.3) is 15.9 Å². The van der Waals surface area contributed by atoms with E-state index in [0.29, 0.717) is 18.0 Å². The van der Waals surface area contributed by atoms with Crippen molar-refractivity contribution in [3.05, 3.63) is 78.4 Å². The van der Waals surface area contributed by atoms with Crippen molar-refractivity contribution in [3.63, 3.8) is 0 Å². The number of ether oxygens (including phenoxy) is 2. The molecule has 0 heterocycles. The maximum absolute atomic E-state index is 13.5. The number of hydrazone groups is 1. The molecule has 0 aliphatic heterocycles. The largest absolute Gasteiger partial charge is 0.497 e. The number of carbonyl (C=O) groups is 2. The lowest BCUT2D eigenvalue weighted by Gasteiger charge is -2.24. The molecule has 0 saturated carbocycles. The average molecular weight is 539 g/mol. The highest BCUT2D eigenvalue weighted by Gasteiger charge is 2.27. The van der Waals surface area contributed by atoms with E-state index in [2.05, 4.69) is 15.8 Å². The highest BCUT2D eigenvalue weighted by atomic mass is 32.2. The van der Waals surface area contributed by atoms with Crippen LogP contribution >= 0.6 is 0 Å². The second-order valence-electron chi connectivity index (χ2n) is 8.13. The van der Waals surface area contributed by atoms with Crippen molar-refractivity contribution in [1.29, 1.82) is 0 Å². The Morgan fingerprint density at radius 1 is 0.947 bits per heavy atom. The molecule has 2 amide bonds. The predicted octanol–water partition coefficient (Wildman–Crippen LogP) is 3.79. The monoisotopic (exact) mass is 538 g/mol. The topological polar surface area (TPSA) is 126 Å². The first-order chi connectivity index (χ1) is 18.2. The molecule has 38 heavy (non-hydrogen) atoms. The molecule has 11 heteroatoms. The molecule has 0 aromatic heterocycles. The average Bonchev–Trinajstić information content (AvgIpc) is 2.91. The second-order valence-corrected chi connectivity index (χ2v) is 9.99. The summed E-state index contributed by atoms with van der Waals surface area (Å²) in [6.07, 6.45) is 2.36. The van der Waals surface area contributed by atoms with Gasteiger partial charge in [-0.25, -0.2) is 13.8 Å². The van der Waals surface area contributed by atoms with Gasteiger partial charge in [-0.1, -0.05) is 6.92 Å². The zero-order valence-electron chi connectivity index (χ0n) is 21.4. The van der Waals surface area contributed by atoms with E-state index in [9.17, 15) is 18.0 Å². The molecule has 3 aromatic rings. The van der Waals surface area contributed by atoms with Crippen LogP contribution in [0.5, 0.6) is 11.5 Å². The van der Waals surface area contributed by atoms with Crippen molar-refractivity contribution in [2.75, 3.05) is 29.9 Å². The number of benzene rings is 3. The van der Waals surface area contributed by atoms with Crippen molar-refractivity contribution in [1.82, 2.24) is 5.43 Å². The Hall–Kier alpha value is -4.38. The Balaban J connectivity index is 1.78. The van der Waals surface area contributed by atoms with Gasteiger partial charge in [0.15, 0.2) is 0 Å². The zero-order valence-corrected chi connectivity index (χ0v) is 22.2. The number of hydrogen-bond acceptors (Lipinski definition) is 7. The highest BCUT2D eigenvalue weighted by molar-refractivity contribution is 7.92. The molecule has 0 bridgehead atoms. The van der Waals surface area contributed by atoms with Crippen molar-refractivity contribution < 1.29 is 27.5 Å². The lowest BCUT2D eigenvalue weighted by Crippen LogP contribution is -2.39. The van der Waals surface area contributed by atoms with Gasteiger partial charge < -0.3 is 14.8 Å². The molecule has 0 aliphatic rings. The number of nitrogens with zero attached hydrogens (tertiary/aromatic N) is 2. The Kier molecular flexibility index (Phi) is 9.83. The normalized spacial score (nSPS) is 11.1. The van der Waals surface area contributed by atoms with E-state index < -0.39 is 22.5 Å². The summed E-state index contributed by atoms with van der Waals surface area (Å²) in [5, 5.41) is 6.54. The van der Waals surface area contributed by atoms with Gasteiger partial charge in [0.2, 0.25) is 5.91 Å². The quantitative estimate of drug-likeness (QED) is 0.267. The number of carbonyl (C=O) groups excluding carboxylic acids is 2. The van der Waals surface area contributed by atoms with Crippen molar-refractivity contribution in [2.45, 2.75) is 25.2 Å². The van der Waals surface area contributed by atoms with Crippen LogP contribution in [-0.2, 0) is 19.6 Å². The van der Waals surface area contributed by atoms with Crippen LogP contribution in [0.25, 0.3) is 0 Å². The fourth-order valence-electron chi connectivity index (χ4n) is 3.32. The highest BCUT2D eigenvalue weighted by Crippen LogP contribution is 2.26. The van der Waals surface area contributed by atoms with Crippen molar-refractivity contribution >= 4 is 39.4 Å². The van der Waals surface area contributed by atoms with Crippen LogP contribution in [0.2, 0.25) is 0 Å². The summed E-state index contributed by atoms with van der Waals surface area (Å²) < 4.78 is 38.7. The molecule has 2 N–H and O–H groups in total. The molecular weight excluding hydrogens is 508 g/mol. The third kappa shape index (κ3) is 7.81. The van der Waals surface area contributed by atoms with Crippen LogP contribution in [0, 0.1) is 0 Å². The molecule has 3 aromatic carbocycles. The minimum atomic E-state index is -4.15. The molecule has 0 aliphatic carbocycles. The fraction of sp³-hybridized carbons (Fsp3) is 0.222. The first kappa shape index (κ1) is 28.2.